The Labute approximate surface area is 158 Å². The SMILES string of the molecule is CC(NC(=O)C1(S(C)(=O)=O)CCNCC1)c1ccc(Cl)cc1Cl.Cl. The van der Waals surface area contributed by atoms with Crippen molar-refractivity contribution in [3.8, 4) is 0 Å². The van der Waals surface area contributed by atoms with Crippen LogP contribution >= 0.6 is 35.6 Å². The first-order chi connectivity index (χ1) is 10.7. The molecule has 1 saturated heterocycles. The molecular weight excluding hydrogens is 395 g/mol. The summed E-state index contributed by atoms with van der Waals surface area (Å²) in [5.41, 5.74) is 0.696. The van der Waals surface area contributed by atoms with Gasteiger partial charge in [-0.05, 0) is 50.6 Å². The summed E-state index contributed by atoms with van der Waals surface area (Å²) in [5.74, 6) is -0.472. The van der Waals surface area contributed by atoms with Crippen LogP contribution in [0.5, 0.6) is 0 Å². The molecule has 5 nitrogen and oxygen atoms in total. The van der Waals surface area contributed by atoms with Gasteiger partial charge < -0.3 is 10.6 Å². The van der Waals surface area contributed by atoms with Crippen molar-refractivity contribution in [3.63, 3.8) is 0 Å². The molecule has 24 heavy (non-hydrogen) atoms. The van der Waals surface area contributed by atoms with Crippen LogP contribution in [0.1, 0.15) is 31.4 Å². The van der Waals surface area contributed by atoms with Gasteiger partial charge >= 0.3 is 0 Å². The van der Waals surface area contributed by atoms with Crippen molar-refractivity contribution in [1.29, 1.82) is 0 Å². The molecule has 1 unspecified atom stereocenters. The number of amides is 1. The summed E-state index contributed by atoms with van der Waals surface area (Å²) in [6.45, 7) is 2.76. The van der Waals surface area contributed by atoms with Crippen LogP contribution in [0.3, 0.4) is 0 Å². The zero-order valence-electron chi connectivity index (χ0n) is 13.4. The van der Waals surface area contributed by atoms with Gasteiger partial charge in [-0.2, -0.15) is 0 Å². The van der Waals surface area contributed by atoms with Crippen molar-refractivity contribution in [1.82, 2.24) is 10.6 Å². The number of carbonyl (C=O) groups excluding carboxylic acids is 1. The predicted molar refractivity (Wildman–Crippen MR) is 99.9 cm³/mol. The molecule has 0 aliphatic carbocycles. The van der Waals surface area contributed by atoms with E-state index in [0.29, 0.717) is 28.7 Å². The van der Waals surface area contributed by atoms with E-state index in [1.807, 2.05) is 0 Å². The molecule has 1 atom stereocenters. The third kappa shape index (κ3) is 4.35. The predicted octanol–water partition coefficient (Wildman–Crippen LogP) is 2.76. The van der Waals surface area contributed by atoms with Gasteiger partial charge in [0.25, 0.3) is 0 Å². The Morgan fingerprint density at radius 1 is 1.29 bits per heavy atom. The van der Waals surface area contributed by atoms with Gasteiger partial charge in [0, 0.05) is 16.3 Å². The number of hydrogen-bond acceptors (Lipinski definition) is 4. The van der Waals surface area contributed by atoms with Crippen LogP contribution in [0.2, 0.25) is 10.0 Å². The third-order valence-electron chi connectivity index (χ3n) is 4.31. The minimum absolute atomic E-state index is 0. The first kappa shape index (κ1) is 21.5. The lowest BCUT2D eigenvalue weighted by Gasteiger charge is -2.35. The average Bonchev–Trinajstić information content (AvgIpc) is 2.46. The standard InChI is InChI=1S/C15H20Cl2N2O3S.ClH/c1-10(12-4-3-11(16)9-13(12)17)19-14(20)15(23(2,21)22)5-7-18-8-6-15;/h3-4,9-10,18H,5-8H2,1-2H3,(H,19,20);1H. The third-order valence-corrected chi connectivity index (χ3v) is 6.89. The number of hydrogen-bond donors (Lipinski definition) is 2. The van der Waals surface area contributed by atoms with Gasteiger partial charge in [-0.3, -0.25) is 4.79 Å². The van der Waals surface area contributed by atoms with Gasteiger partial charge in [-0.15, -0.1) is 12.4 Å². The van der Waals surface area contributed by atoms with Gasteiger partial charge in [0.2, 0.25) is 5.91 Å². The molecule has 9 heteroatoms. The quantitative estimate of drug-likeness (QED) is 0.793. The number of benzene rings is 1. The second-order valence-corrected chi connectivity index (χ2v) is 9.05. The Hall–Kier alpha value is -0.530. The molecule has 0 saturated carbocycles. The van der Waals surface area contributed by atoms with E-state index < -0.39 is 26.5 Å². The maximum atomic E-state index is 12.7. The topological polar surface area (TPSA) is 75.3 Å². The van der Waals surface area contributed by atoms with E-state index in [0.717, 1.165) is 6.26 Å². The van der Waals surface area contributed by atoms with E-state index in [2.05, 4.69) is 10.6 Å². The molecule has 1 fully saturated rings. The fraction of sp³-hybridized carbons (Fsp3) is 0.533. The minimum atomic E-state index is -3.54. The molecular formula is C15H21Cl3N2O3S. The number of rotatable bonds is 4. The van der Waals surface area contributed by atoms with E-state index in [-0.39, 0.29) is 25.2 Å². The molecule has 1 amide bonds. The molecule has 1 aliphatic rings. The van der Waals surface area contributed by atoms with Gasteiger partial charge in [-0.25, -0.2) is 8.42 Å². The van der Waals surface area contributed by atoms with Crippen LogP contribution < -0.4 is 10.6 Å². The Morgan fingerprint density at radius 3 is 2.38 bits per heavy atom. The molecule has 0 aromatic heterocycles. The fourth-order valence-electron chi connectivity index (χ4n) is 2.86. The first-order valence-corrected chi connectivity index (χ1v) is 9.98. The lowest BCUT2D eigenvalue weighted by atomic mass is 9.95. The van der Waals surface area contributed by atoms with E-state index >= 15 is 0 Å². The van der Waals surface area contributed by atoms with E-state index in [4.69, 9.17) is 23.2 Å². The summed E-state index contributed by atoms with van der Waals surface area (Å²) in [7, 11) is -3.54. The minimum Gasteiger partial charge on any atom is -0.348 e. The number of halogens is 3. The number of carbonyl (C=O) groups is 1. The summed E-state index contributed by atoms with van der Waals surface area (Å²) in [5, 5.41) is 6.82. The molecule has 1 aromatic rings. The van der Waals surface area contributed by atoms with E-state index in [1.54, 1.807) is 25.1 Å². The highest BCUT2D eigenvalue weighted by molar-refractivity contribution is 7.92. The number of nitrogens with one attached hydrogen (secondary N) is 2. The van der Waals surface area contributed by atoms with Crippen LogP contribution in [-0.4, -0.2) is 38.4 Å². The molecule has 1 aromatic carbocycles. The van der Waals surface area contributed by atoms with Crippen molar-refractivity contribution in [3.05, 3.63) is 33.8 Å². The monoisotopic (exact) mass is 414 g/mol. The van der Waals surface area contributed by atoms with E-state index in [1.165, 1.54) is 0 Å². The summed E-state index contributed by atoms with van der Waals surface area (Å²) >= 11 is 12.0. The fourth-order valence-corrected chi connectivity index (χ4v) is 4.77. The zero-order valence-corrected chi connectivity index (χ0v) is 16.6. The molecule has 0 spiro atoms. The van der Waals surface area contributed by atoms with Gasteiger partial charge in [0.1, 0.15) is 0 Å². The normalized spacial score (nSPS) is 18.3. The molecule has 1 aliphatic heterocycles. The van der Waals surface area contributed by atoms with Crippen molar-refractivity contribution in [2.24, 2.45) is 0 Å². The lowest BCUT2D eigenvalue weighted by Crippen LogP contribution is -2.57. The summed E-state index contributed by atoms with van der Waals surface area (Å²) in [6, 6.07) is 4.59. The molecule has 0 bridgehead atoms. The van der Waals surface area contributed by atoms with Crippen molar-refractivity contribution >= 4 is 51.4 Å². The highest BCUT2D eigenvalue weighted by atomic mass is 35.5. The van der Waals surface area contributed by atoms with Crippen LogP contribution in [0.15, 0.2) is 18.2 Å². The van der Waals surface area contributed by atoms with Crippen molar-refractivity contribution in [2.45, 2.75) is 30.6 Å². The first-order valence-electron chi connectivity index (χ1n) is 7.33. The van der Waals surface area contributed by atoms with Crippen molar-refractivity contribution in [2.75, 3.05) is 19.3 Å². The van der Waals surface area contributed by atoms with Gasteiger partial charge in [-0.1, -0.05) is 29.3 Å². The lowest BCUT2D eigenvalue weighted by molar-refractivity contribution is -0.125. The smallest absolute Gasteiger partial charge is 0.242 e. The molecule has 2 rings (SSSR count). The summed E-state index contributed by atoms with van der Waals surface area (Å²) in [6.07, 6.45) is 1.65. The second-order valence-electron chi connectivity index (χ2n) is 5.88. The van der Waals surface area contributed by atoms with E-state index in [9.17, 15) is 13.2 Å². The Morgan fingerprint density at radius 2 is 1.88 bits per heavy atom. The summed E-state index contributed by atoms with van der Waals surface area (Å²) in [4.78, 5) is 12.7. The molecule has 0 radical (unpaired) electrons. The molecule has 1 heterocycles. The number of piperidine rings is 1. The average molecular weight is 416 g/mol. The molecule has 136 valence electrons. The van der Waals surface area contributed by atoms with Gasteiger partial charge in [0.05, 0.1) is 6.04 Å². The largest absolute Gasteiger partial charge is 0.348 e. The second kappa shape index (κ2) is 8.23. The number of sulfone groups is 1. The highest BCUT2D eigenvalue weighted by Crippen LogP contribution is 2.31. The Balaban J connectivity index is 0.00000288. The van der Waals surface area contributed by atoms with Gasteiger partial charge in [0.15, 0.2) is 14.6 Å². The summed E-state index contributed by atoms with van der Waals surface area (Å²) < 4.78 is 23.1. The maximum absolute atomic E-state index is 12.7. The van der Waals surface area contributed by atoms with Crippen LogP contribution in [0.4, 0.5) is 0 Å². The van der Waals surface area contributed by atoms with Crippen LogP contribution in [0.25, 0.3) is 0 Å². The highest BCUT2D eigenvalue weighted by Gasteiger charge is 2.48. The Kier molecular flexibility index (Phi) is 7.38. The van der Waals surface area contributed by atoms with Crippen molar-refractivity contribution < 1.29 is 13.2 Å². The Bertz CT molecular complexity index is 704. The van der Waals surface area contributed by atoms with Crippen LogP contribution in [-0.2, 0) is 14.6 Å². The maximum Gasteiger partial charge on any atom is 0.242 e. The van der Waals surface area contributed by atoms with Crippen LogP contribution in [0, 0.1) is 0 Å². The zero-order chi connectivity index (χ0) is 17.3. The molecule has 2 N–H and O–H groups in total.